The van der Waals surface area contributed by atoms with E-state index in [1.54, 1.807) is 12.1 Å². The fourth-order valence-electron chi connectivity index (χ4n) is 1.66. The molecule has 3 N–H and O–H groups in total. The standard InChI is InChI=1S/C11H10N4O4/c12-4-6(14-11(17)18)3-9-10(16)15-7-5-13-2-1-8(7)19-9/h1-2,5-6,9,14H,3H2,(H,15,16)(H,17,18)/t6-,9?/m0/s1. The molecular formula is C11H10N4O4. The molecular weight excluding hydrogens is 252 g/mol. The Balaban J connectivity index is 2.08. The van der Waals surface area contributed by atoms with Crippen molar-refractivity contribution in [1.29, 1.82) is 5.26 Å². The van der Waals surface area contributed by atoms with Crippen LogP contribution in [0.4, 0.5) is 10.5 Å². The molecule has 2 atom stereocenters. The number of carbonyl (C=O) groups is 2. The summed E-state index contributed by atoms with van der Waals surface area (Å²) in [5.41, 5.74) is 0.448. The Bertz CT molecular complexity index is 554. The lowest BCUT2D eigenvalue weighted by Crippen LogP contribution is -2.43. The van der Waals surface area contributed by atoms with Crippen LogP contribution in [0.3, 0.4) is 0 Å². The Kier molecular flexibility index (Phi) is 3.47. The summed E-state index contributed by atoms with van der Waals surface area (Å²) in [6, 6.07) is 2.32. The number of rotatable bonds is 3. The molecule has 1 aliphatic heterocycles. The molecule has 0 aromatic carbocycles. The fraction of sp³-hybridized carbons (Fsp3) is 0.273. The van der Waals surface area contributed by atoms with Gasteiger partial charge in [0.1, 0.15) is 17.5 Å². The molecule has 1 unspecified atom stereocenters. The molecule has 1 aliphatic rings. The van der Waals surface area contributed by atoms with Crippen molar-refractivity contribution in [3.05, 3.63) is 18.5 Å². The van der Waals surface area contributed by atoms with Gasteiger partial charge < -0.3 is 20.5 Å². The van der Waals surface area contributed by atoms with E-state index in [4.69, 9.17) is 15.1 Å². The van der Waals surface area contributed by atoms with Gasteiger partial charge in [-0.3, -0.25) is 9.78 Å². The summed E-state index contributed by atoms with van der Waals surface area (Å²) in [6.07, 6.45) is 0.626. The maximum Gasteiger partial charge on any atom is 0.405 e. The number of nitriles is 1. The zero-order valence-electron chi connectivity index (χ0n) is 9.66. The summed E-state index contributed by atoms with van der Waals surface area (Å²) in [4.78, 5) is 26.1. The Hall–Kier alpha value is -2.82. The normalized spacial score (nSPS) is 18.3. The molecule has 0 aliphatic carbocycles. The SMILES string of the molecule is N#C[C@H](CC1Oc2ccncc2NC1=O)NC(=O)O. The summed E-state index contributed by atoms with van der Waals surface area (Å²) in [7, 11) is 0. The number of fused-ring (bicyclic) bond motifs is 1. The highest BCUT2D eigenvalue weighted by Crippen LogP contribution is 2.28. The summed E-state index contributed by atoms with van der Waals surface area (Å²) in [5, 5.41) is 22.0. The number of carboxylic acid groups (broad SMARTS) is 1. The van der Waals surface area contributed by atoms with E-state index in [1.807, 2.05) is 5.32 Å². The van der Waals surface area contributed by atoms with Crippen molar-refractivity contribution >= 4 is 17.7 Å². The highest BCUT2D eigenvalue weighted by Gasteiger charge is 2.30. The van der Waals surface area contributed by atoms with E-state index in [0.717, 1.165) is 0 Å². The van der Waals surface area contributed by atoms with E-state index >= 15 is 0 Å². The summed E-state index contributed by atoms with van der Waals surface area (Å²) in [5.74, 6) is -0.000413. The zero-order chi connectivity index (χ0) is 13.8. The van der Waals surface area contributed by atoms with Crippen LogP contribution in [0.5, 0.6) is 5.75 Å². The quantitative estimate of drug-likeness (QED) is 0.721. The summed E-state index contributed by atoms with van der Waals surface area (Å²) < 4.78 is 5.42. The van der Waals surface area contributed by atoms with Crippen LogP contribution in [-0.2, 0) is 4.79 Å². The minimum absolute atomic E-state index is 0.0730. The van der Waals surface area contributed by atoms with Gasteiger partial charge in [0.05, 0.1) is 12.3 Å². The molecule has 0 saturated heterocycles. The molecule has 1 aromatic heterocycles. The lowest BCUT2D eigenvalue weighted by molar-refractivity contribution is -0.123. The first-order valence-corrected chi connectivity index (χ1v) is 5.40. The number of ether oxygens (including phenoxy) is 1. The highest BCUT2D eigenvalue weighted by molar-refractivity contribution is 5.97. The van der Waals surface area contributed by atoms with Gasteiger partial charge in [-0.15, -0.1) is 0 Å². The molecule has 8 nitrogen and oxygen atoms in total. The maximum atomic E-state index is 11.7. The van der Waals surface area contributed by atoms with Crippen LogP contribution in [-0.4, -0.2) is 34.2 Å². The van der Waals surface area contributed by atoms with Crippen molar-refractivity contribution in [3.8, 4) is 11.8 Å². The fourth-order valence-corrected chi connectivity index (χ4v) is 1.66. The molecule has 1 aromatic rings. The highest BCUT2D eigenvalue weighted by atomic mass is 16.5. The Morgan fingerprint density at radius 3 is 3.21 bits per heavy atom. The average Bonchev–Trinajstić information content (AvgIpc) is 2.38. The van der Waals surface area contributed by atoms with Crippen molar-refractivity contribution < 1.29 is 19.4 Å². The largest absolute Gasteiger partial charge is 0.478 e. The molecule has 2 heterocycles. The van der Waals surface area contributed by atoms with Crippen molar-refractivity contribution in [2.75, 3.05) is 5.32 Å². The van der Waals surface area contributed by atoms with E-state index in [0.29, 0.717) is 11.4 Å². The first-order valence-electron chi connectivity index (χ1n) is 5.40. The minimum Gasteiger partial charge on any atom is -0.478 e. The van der Waals surface area contributed by atoms with Gasteiger partial charge in [-0.1, -0.05) is 0 Å². The smallest absolute Gasteiger partial charge is 0.405 e. The topological polar surface area (TPSA) is 124 Å². The number of hydrogen-bond donors (Lipinski definition) is 3. The zero-order valence-corrected chi connectivity index (χ0v) is 9.66. The number of hydrogen-bond acceptors (Lipinski definition) is 5. The lowest BCUT2D eigenvalue weighted by atomic mass is 10.1. The van der Waals surface area contributed by atoms with Crippen LogP contribution < -0.4 is 15.4 Å². The van der Waals surface area contributed by atoms with E-state index in [9.17, 15) is 9.59 Å². The molecule has 98 valence electrons. The predicted molar refractivity (Wildman–Crippen MR) is 62.5 cm³/mol. The van der Waals surface area contributed by atoms with E-state index in [1.165, 1.54) is 12.4 Å². The Morgan fingerprint density at radius 2 is 2.53 bits per heavy atom. The molecule has 0 spiro atoms. The number of amides is 2. The Labute approximate surface area is 108 Å². The van der Waals surface area contributed by atoms with Crippen LogP contribution in [0.1, 0.15) is 6.42 Å². The first kappa shape index (κ1) is 12.6. The molecule has 0 bridgehead atoms. The first-order chi connectivity index (χ1) is 9.10. The van der Waals surface area contributed by atoms with Crippen LogP contribution in [0.2, 0.25) is 0 Å². The average molecular weight is 262 g/mol. The van der Waals surface area contributed by atoms with Gasteiger partial charge in [-0.2, -0.15) is 5.26 Å². The molecule has 2 rings (SSSR count). The number of anilines is 1. The van der Waals surface area contributed by atoms with Gasteiger partial charge in [0, 0.05) is 18.7 Å². The van der Waals surface area contributed by atoms with Crippen LogP contribution in [0.15, 0.2) is 18.5 Å². The Morgan fingerprint density at radius 1 is 1.74 bits per heavy atom. The molecule has 0 radical (unpaired) electrons. The van der Waals surface area contributed by atoms with Crippen molar-refractivity contribution in [2.24, 2.45) is 0 Å². The summed E-state index contributed by atoms with van der Waals surface area (Å²) in [6.45, 7) is 0. The molecule has 2 amide bonds. The van der Waals surface area contributed by atoms with Crippen LogP contribution >= 0.6 is 0 Å². The van der Waals surface area contributed by atoms with Gasteiger partial charge >= 0.3 is 6.09 Å². The number of nitrogens with zero attached hydrogens (tertiary/aromatic N) is 2. The molecule has 0 fully saturated rings. The monoisotopic (exact) mass is 262 g/mol. The van der Waals surface area contributed by atoms with Crippen LogP contribution in [0, 0.1) is 11.3 Å². The summed E-state index contributed by atoms with van der Waals surface area (Å²) >= 11 is 0. The van der Waals surface area contributed by atoms with Gasteiger partial charge in [0.25, 0.3) is 5.91 Å². The molecule has 19 heavy (non-hydrogen) atoms. The third-order valence-electron chi connectivity index (χ3n) is 2.50. The van der Waals surface area contributed by atoms with Gasteiger partial charge in [0.15, 0.2) is 6.10 Å². The molecule has 8 heteroatoms. The molecule has 0 saturated carbocycles. The number of nitrogens with one attached hydrogen (secondary N) is 2. The minimum atomic E-state index is -1.33. The maximum absolute atomic E-state index is 11.7. The van der Waals surface area contributed by atoms with E-state index in [2.05, 4.69) is 10.3 Å². The number of carbonyl (C=O) groups excluding carboxylic acids is 1. The third kappa shape index (κ3) is 2.90. The van der Waals surface area contributed by atoms with Crippen LogP contribution in [0.25, 0.3) is 0 Å². The van der Waals surface area contributed by atoms with E-state index in [-0.39, 0.29) is 6.42 Å². The van der Waals surface area contributed by atoms with Crippen molar-refractivity contribution in [2.45, 2.75) is 18.6 Å². The van der Waals surface area contributed by atoms with Gasteiger partial charge in [0.2, 0.25) is 0 Å². The second-order valence-corrected chi connectivity index (χ2v) is 3.83. The number of aromatic nitrogens is 1. The van der Waals surface area contributed by atoms with Crippen molar-refractivity contribution in [3.63, 3.8) is 0 Å². The second-order valence-electron chi connectivity index (χ2n) is 3.83. The number of pyridine rings is 1. The van der Waals surface area contributed by atoms with Gasteiger partial charge in [-0.05, 0) is 0 Å². The predicted octanol–water partition coefficient (Wildman–Crippen LogP) is 0.331. The lowest BCUT2D eigenvalue weighted by Gasteiger charge is -2.26. The van der Waals surface area contributed by atoms with Gasteiger partial charge in [-0.25, -0.2) is 4.79 Å². The van der Waals surface area contributed by atoms with E-state index < -0.39 is 24.1 Å². The third-order valence-corrected chi connectivity index (χ3v) is 2.50. The van der Waals surface area contributed by atoms with Crippen molar-refractivity contribution in [1.82, 2.24) is 10.3 Å². The second kappa shape index (κ2) is 5.22.